The van der Waals surface area contributed by atoms with Crippen molar-refractivity contribution in [3.63, 3.8) is 0 Å². The highest BCUT2D eigenvalue weighted by molar-refractivity contribution is 9.10. The van der Waals surface area contributed by atoms with E-state index in [2.05, 4.69) is 36.5 Å². The molecule has 0 aliphatic carbocycles. The molecule has 0 saturated heterocycles. The van der Waals surface area contributed by atoms with Crippen LogP contribution in [0.3, 0.4) is 0 Å². The van der Waals surface area contributed by atoms with E-state index in [9.17, 15) is 4.79 Å². The maximum Gasteiger partial charge on any atom is 0.407 e. The number of amides is 1. The molecule has 1 heterocycles. The molecule has 0 aromatic carbocycles. The van der Waals surface area contributed by atoms with E-state index >= 15 is 0 Å². The molecule has 1 rings (SSSR count). The summed E-state index contributed by atoms with van der Waals surface area (Å²) in [5, 5.41) is 5.82. The summed E-state index contributed by atoms with van der Waals surface area (Å²) in [6.45, 7) is 8.59. The number of rotatable bonds is 3. The zero-order valence-corrected chi connectivity index (χ0v) is 13.3. The Labute approximate surface area is 122 Å². The Kier molecular flexibility index (Phi) is 5.78. The van der Waals surface area contributed by atoms with Crippen molar-refractivity contribution in [3.8, 4) is 0 Å². The Morgan fingerprint density at radius 2 is 2.32 bits per heavy atom. The molecular formula is C12H21BrN4O2. The fourth-order valence-corrected chi connectivity index (χ4v) is 1.58. The zero-order valence-electron chi connectivity index (χ0n) is 11.7. The average molecular weight is 333 g/mol. The van der Waals surface area contributed by atoms with E-state index in [0.717, 1.165) is 0 Å². The van der Waals surface area contributed by atoms with Crippen molar-refractivity contribution in [2.75, 3.05) is 13.1 Å². The van der Waals surface area contributed by atoms with Crippen molar-refractivity contribution >= 4 is 34.2 Å². The van der Waals surface area contributed by atoms with Gasteiger partial charge >= 0.3 is 6.09 Å². The predicted molar refractivity (Wildman–Crippen MR) is 80.3 cm³/mol. The number of hydrogen-bond acceptors (Lipinski definition) is 5. The average Bonchev–Trinajstić information content (AvgIpc) is 2.25. The molecule has 7 heteroatoms. The summed E-state index contributed by atoms with van der Waals surface area (Å²) in [6, 6.07) is -0.0746. The Balaban J connectivity index is 2.27. The number of carbonyl (C=O) groups excluding carboxylic acids is 1. The summed E-state index contributed by atoms with van der Waals surface area (Å²) in [6.07, 6.45) is 1.37. The van der Waals surface area contributed by atoms with Crippen LogP contribution < -0.4 is 10.6 Å². The third-order valence-electron chi connectivity index (χ3n) is 2.10. The molecule has 19 heavy (non-hydrogen) atoms. The molecule has 0 spiro atoms. The SMILES string of the molecule is CC(CNC1=NCC(Br)C=N1)NC(=O)OC(C)(C)C. The molecule has 6 nitrogen and oxygen atoms in total. The van der Waals surface area contributed by atoms with Crippen LogP contribution in [0.25, 0.3) is 0 Å². The Hall–Kier alpha value is -1.11. The third-order valence-corrected chi connectivity index (χ3v) is 2.63. The Bertz CT molecular complexity index is 376. The summed E-state index contributed by atoms with van der Waals surface area (Å²) in [4.78, 5) is 20.1. The minimum atomic E-state index is -0.486. The molecule has 1 aliphatic heterocycles. The number of nitrogens with one attached hydrogen (secondary N) is 2. The van der Waals surface area contributed by atoms with Crippen LogP contribution in [0.4, 0.5) is 4.79 Å². The van der Waals surface area contributed by atoms with E-state index < -0.39 is 11.7 Å². The van der Waals surface area contributed by atoms with Gasteiger partial charge in [-0.2, -0.15) is 0 Å². The summed E-state index contributed by atoms with van der Waals surface area (Å²) < 4.78 is 5.17. The van der Waals surface area contributed by atoms with Crippen LogP contribution >= 0.6 is 15.9 Å². The normalized spacial score (nSPS) is 20.5. The van der Waals surface area contributed by atoms with E-state index in [1.54, 1.807) is 6.21 Å². The van der Waals surface area contributed by atoms with Gasteiger partial charge in [-0.05, 0) is 27.7 Å². The number of hydrogen-bond donors (Lipinski definition) is 2. The molecular weight excluding hydrogens is 312 g/mol. The van der Waals surface area contributed by atoms with Crippen molar-refractivity contribution in [1.82, 2.24) is 10.6 Å². The fraction of sp³-hybridized carbons (Fsp3) is 0.750. The van der Waals surface area contributed by atoms with E-state index in [-0.39, 0.29) is 10.9 Å². The molecule has 0 radical (unpaired) electrons. The highest BCUT2D eigenvalue weighted by Gasteiger charge is 2.17. The number of alkyl halides is 1. The van der Waals surface area contributed by atoms with Crippen LogP contribution in [0.15, 0.2) is 9.98 Å². The van der Waals surface area contributed by atoms with Gasteiger partial charge in [-0.25, -0.2) is 14.8 Å². The molecule has 1 aliphatic rings. The summed E-state index contributed by atoms with van der Waals surface area (Å²) >= 11 is 3.40. The minimum absolute atomic E-state index is 0.0746. The topological polar surface area (TPSA) is 75.1 Å². The van der Waals surface area contributed by atoms with Crippen molar-refractivity contribution in [2.24, 2.45) is 9.98 Å². The van der Waals surface area contributed by atoms with E-state index in [1.165, 1.54) is 0 Å². The maximum atomic E-state index is 11.5. The van der Waals surface area contributed by atoms with E-state index in [0.29, 0.717) is 19.0 Å². The van der Waals surface area contributed by atoms with Gasteiger partial charge < -0.3 is 15.4 Å². The second-order valence-electron chi connectivity index (χ2n) is 5.39. The van der Waals surface area contributed by atoms with Gasteiger partial charge in [-0.1, -0.05) is 15.9 Å². The lowest BCUT2D eigenvalue weighted by Gasteiger charge is -2.22. The number of nitrogens with zero attached hydrogens (tertiary/aromatic N) is 2. The molecule has 108 valence electrons. The number of halogens is 1. The first-order valence-electron chi connectivity index (χ1n) is 6.22. The first kappa shape index (κ1) is 15.9. The molecule has 0 aromatic rings. The van der Waals surface area contributed by atoms with Gasteiger partial charge in [0.25, 0.3) is 0 Å². The van der Waals surface area contributed by atoms with Crippen molar-refractivity contribution in [1.29, 1.82) is 0 Å². The van der Waals surface area contributed by atoms with Crippen molar-refractivity contribution in [2.45, 2.75) is 44.2 Å². The third kappa shape index (κ3) is 7.15. The summed E-state index contributed by atoms with van der Waals surface area (Å²) in [5.41, 5.74) is -0.486. The van der Waals surface area contributed by atoms with Crippen molar-refractivity contribution in [3.05, 3.63) is 0 Å². The molecule has 1 amide bonds. The lowest BCUT2D eigenvalue weighted by atomic mass is 10.2. The van der Waals surface area contributed by atoms with E-state index in [4.69, 9.17) is 4.74 Å². The maximum absolute atomic E-state index is 11.5. The number of carbonyl (C=O) groups is 1. The quantitative estimate of drug-likeness (QED) is 0.772. The number of ether oxygens (including phenoxy) is 1. The molecule has 2 unspecified atom stereocenters. The smallest absolute Gasteiger partial charge is 0.407 e. The number of alkyl carbamates (subject to hydrolysis) is 1. The molecule has 0 saturated carbocycles. The lowest BCUT2D eigenvalue weighted by molar-refractivity contribution is 0.0509. The summed E-state index contributed by atoms with van der Waals surface area (Å²) in [7, 11) is 0. The lowest BCUT2D eigenvalue weighted by Crippen LogP contribution is -2.44. The number of aliphatic imine (C=N–C) groups is 2. The molecule has 2 N–H and O–H groups in total. The highest BCUT2D eigenvalue weighted by Crippen LogP contribution is 2.06. The van der Waals surface area contributed by atoms with Crippen LogP contribution in [0.1, 0.15) is 27.7 Å². The molecule has 0 aromatic heterocycles. The van der Waals surface area contributed by atoms with E-state index in [1.807, 2.05) is 27.7 Å². The van der Waals surface area contributed by atoms with Gasteiger partial charge in [0.05, 0.1) is 11.4 Å². The van der Waals surface area contributed by atoms with Gasteiger partial charge in [0.15, 0.2) is 0 Å². The van der Waals surface area contributed by atoms with Crippen LogP contribution in [0, 0.1) is 0 Å². The second-order valence-corrected chi connectivity index (χ2v) is 6.56. The van der Waals surface area contributed by atoms with Crippen LogP contribution in [-0.4, -0.2) is 47.8 Å². The fourth-order valence-electron chi connectivity index (χ4n) is 1.32. The van der Waals surface area contributed by atoms with Gasteiger partial charge in [-0.15, -0.1) is 0 Å². The van der Waals surface area contributed by atoms with Gasteiger partial charge in [0, 0.05) is 18.8 Å². The van der Waals surface area contributed by atoms with Crippen LogP contribution in [-0.2, 0) is 4.74 Å². The van der Waals surface area contributed by atoms with Crippen molar-refractivity contribution < 1.29 is 9.53 Å². The molecule has 2 atom stereocenters. The summed E-state index contributed by atoms with van der Waals surface area (Å²) in [5.74, 6) is 0.591. The zero-order chi connectivity index (χ0) is 14.5. The van der Waals surface area contributed by atoms with Crippen LogP contribution in [0.2, 0.25) is 0 Å². The van der Waals surface area contributed by atoms with Crippen LogP contribution in [0.5, 0.6) is 0 Å². The standard InChI is InChI=1S/C12H21BrN4O2/c1-8(17-11(18)19-12(2,3)4)5-14-10-15-6-9(13)7-16-10/h6,8-9H,5,7H2,1-4H3,(H,14,16)(H,17,18). The first-order chi connectivity index (χ1) is 8.76. The van der Waals surface area contributed by atoms with Gasteiger partial charge in [0.2, 0.25) is 5.96 Å². The largest absolute Gasteiger partial charge is 0.444 e. The monoisotopic (exact) mass is 332 g/mol. The highest BCUT2D eigenvalue weighted by atomic mass is 79.9. The van der Waals surface area contributed by atoms with Gasteiger partial charge in [0.1, 0.15) is 5.60 Å². The Morgan fingerprint density at radius 3 is 2.84 bits per heavy atom. The molecule has 0 fully saturated rings. The predicted octanol–water partition coefficient (Wildman–Crippen LogP) is 1.69. The second kappa shape index (κ2) is 6.88. The van der Waals surface area contributed by atoms with Gasteiger partial charge in [-0.3, -0.25) is 0 Å². The first-order valence-corrected chi connectivity index (χ1v) is 7.14. The number of guanidine groups is 1. The molecule has 0 bridgehead atoms. The minimum Gasteiger partial charge on any atom is -0.444 e. The Morgan fingerprint density at radius 1 is 1.63 bits per heavy atom.